The second kappa shape index (κ2) is 7.64. The fourth-order valence-corrected chi connectivity index (χ4v) is 3.60. The molecule has 0 saturated carbocycles. The number of nitrogens with zero attached hydrogens (tertiary/aromatic N) is 2. The highest BCUT2D eigenvalue weighted by molar-refractivity contribution is 7.17. The van der Waals surface area contributed by atoms with E-state index in [1.807, 2.05) is 26.2 Å². The molecule has 1 N–H and O–H groups in total. The molecule has 1 aromatic carbocycles. The average Bonchev–Trinajstić information content (AvgIpc) is 3.14. The van der Waals surface area contributed by atoms with Crippen LogP contribution in [0.3, 0.4) is 0 Å². The van der Waals surface area contributed by atoms with Gasteiger partial charge < -0.3 is 14.8 Å². The number of benzene rings is 1. The Kier molecular flexibility index (Phi) is 5.33. The average molecular weight is 341 g/mol. The van der Waals surface area contributed by atoms with Gasteiger partial charge in [-0.3, -0.25) is 4.79 Å². The Hall–Kier alpha value is -2.11. The molecular weight excluding hydrogens is 318 g/mol. The van der Waals surface area contributed by atoms with E-state index in [2.05, 4.69) is 50.5 Å². The van der Waals surface area contributed by atoms with Gasteiger partial charge in [0, 0.05) is 19.6 Å². The third kappa shape index (κ3) is 3.86. The van der Waals surface area contributed by atoms with Gasteiger partial charge in [-0.1, -0.05) is 30.3 Å². The van der Waals surface area contributed by atoms with Gasteiger partial charge in [-0.15, -0.1) is 11.3 Å². The lowest BCUT2D eigenvalue weighted by molar-refractivity contribution is 0.0942. The quantitative estimate of drug-likeness (QED) is 0.716. The van der Waals surface area contributed by atoms with Gasteiger partial charge in [0.2, 0.25) is 0 Å². The van der Waals surface area contributed by atoms with Crippen molar-refractivity contribution in [3.63, 3.8) is 0 Å². The molecule has 0 fully saturated rings. The number of rotatable bonds is 7. The van der Waals surface area contributed by atoms with Crippen molar-refractivity contribution in [2.45, 2.75) is 13.0 Å². The highest BCUT2D eigenvalue weighted by Gasteiger charge is 2.16. The molecule has 24 heavy (non-hydrogen) atoms. The number of fused-ring (bicyclic) bond motifs is 1. The Bertz CT molecular complexity index is 805. The van der Waals surface area contributed by atoms with Crippen molar-refractivity contribution >= 4 is 27.5 Å². The first-order valence-corrected chi connectivity index (χ1v) is 9.06. The second-order valence-corrected chi connectivity index (χ2v) is 7.09. The molecule has 0 atom stereocenters. The number of carbonyl (C=O) groups excluding carboxylic acids is 1. The Morgan fingerprint density at radius 3 is 2.75 bits per heavy atom. The van der Waals surface area contributed by atoms with Crippen LogP contribution in [0.25, 0.3) is 10.2 Å². The zero-order chi connectivity index (χ0) is 16.9. The SMILES string of the molecule is CN(C)CCNC(=O)c1cc2sccc2n1CCc1ccccc1. The van der Waals surface area contributed by atoms with E-state index in [0.29, 0.717) is 6.54 Å². The number of hydrogen-bond donors (Lipinski definition) is 1. The van der Waals surface area contributed by atoms with Crippen molar-refractivity contribution in [2.75, 3.05) is 27.2 Å². The summed E-state index contributed by atoms with van der Waals surface area (Å²) < 4.78 is 3.31. The summed E-state index contributed by atoms with van der Waals surface area (Å²) in [6.45, 7) is 2.30. The maximum atomic E-state index is 12.6. The van der Waals surface area contributed by atoms with Crippen molar-refractivity contribution in [1.82, 2.24) is 14.8 Å². The zero-order valence-electron chi connectivity index (χ0n) is 14.2. The third-order valence-electron chi connectivity index (χ3n) is 4.07. The number of aromatic nitrogens is 1. The number of carbonyl (C=O) groups is 1. The summed E-state index contributed by atoms with van der Waals surface area (Å²) in [5.41, 5.74) is 3.19. The molecule has 3 aromatic rings. The Labute approximate surface area is 146 Å². The molecule has 0 aliphatic rings. The van der Waals surface area contributed by atoms with E-state index in [-0.39, 0.29) is 5.91 Å². The van der Waals surface area contributed by atoms with Gasteiger partial charge in [-0.2, -0.15) is 0 Å². The minimum Gasteiger partial charge on any atom is -0.349 e. The van der Waals surface area contributed by atoms with Crippen LogP contribution < -0.4 is 5.32 Å². The molecule has 0 unspecified atom stereocenters. The summed E-state index contributed by atoms with van der Waals surface area (Å²) in [7, 11) is 4.01. The number of hydrogen-bond acceptors (Lipinski definition) is 3. The van der Waals surface area contributed by atoms with E-state index in [4.69, 9.17) is 0 Å². The number of amides is 1. The smallest absolute Gasteiger partial charge is 0.268 e. The molecule has 0 saturated heterocycles. The fraction of sp³-hybridized carbons (Fsp3) is 0.316. The van der Waals surface area contributed by atoms with Crippen LogP contribution in [0.4, 0.5) is 0 Å². The van der Waals surface area contributed by atoms with E-state index in [0.717, 1.165) is 30.7 Å². The first-order valence-electron chi connectivity index (χ1n) is 8.19. The topological polar surface area (TPSA) is 37.3 Å². The van der Waals surface area contributed by atoms with Crippen molar-refractivity contribution in [3.8, 4) is 0 Å². The third-order valence-corrected chi connectivity index (χ3v) is 4.92. The van der Waals surface area contributed by atoms with Crippen LogP contribution in [0.5, 0.6) is 0 Å². The maximum Gasteiger partial charge on any atom is 0.268 e. The number of likely N-dealkylation sites (N-methyl/N-ethyl adjacent to an activating group) is 1. The lowest BCUT2D eigenvalue weighted by Crippen LogP contribution is -2.32. The van der Waals surface area contributed by atoms with Gasteiger partial charge in [0.05, 0.1) is 10.2 Å². The predicted molar refractivity (Wildman–Crippen MR) is 101 cm³/mol. The summed E-state index contributed by atoms with van der Waals surface area (Å²) in [5, 5.41) is 5.10. The summed E-state index contributed by atoms with van der Waals surface area (Å²) in [5.74, 6) is 0.00770. The van der Waals surface area contributed by atoms with Gasteiger partial charge in [0.25, 0.3) is 5.91 Å². The van der Waals surface area contributed by atoms with E-state index >= 15 is 0 Å². The van der Waals surface area contributed by atoms with Crippen molar-refractivity contribution in [2.24, 2.45) is 0 Å². The largest absolute Gasteiger partial charge is 0.349 e. The lowest BCUT2D eigenvalue weighted by Gasteiger charge is -2.13. The lowest BCUT2D eigenvalue weighted by atomic mass is 10.1. The van der Waals surface area contributed by atoms with Crippen LogP contribution in [0.1, 0.15) is 16.1 Å². The highest BCUT2D eigenvalue weighted by atomic mass is 32.1. The Morgan fingerprint density at radius 2 is 2.00 bits per heavy atom. The standard InChI is InChI=1S/C19H23N3OS/c1-21(2)12-10-20-19(23)17-14-18-16(9-13-24-18)22(17)11-8-15-6-4-3-5-7-15/h3-7,9,13-14H,8,10-12H2,1-2H3,(H,20,23). The molecule has 1 amide bonds. The van der Waals surface area contributed by atoms with Crippen LogP contribution in [-0.2, 0) is 13.0 Å². The van der Waals surface area contributed by atoms with Gasteiger partial charge in [-0.25, -0.2) is 0 Å². The molecule has 2 heterocycles. The van der Waals surface area contributed by atoms with E-state index in [9.17, 15) is 4.79 Å². The molecule has 0 bridgehead atoms. The summed E-state index contributed by atoms with van der Waals surface area (Å²) in [4.78, 5) is 14.6. The summed E-state index contributed by atoms with van der Waals surface area (Å²) in [6.07, 6.45) is 0.915. The molecule has 0 aliphatic carbocycles. The molecule has 5 heteroatoms. The molecule has 0 radical (unpaired) electrons. The Balaban J connectivity index is 1.77. The molecule has 0 aliphatic heterocycles. The maximum absolute atomic E-state index is 12.6. The molecule has 3 rings (SSSR count). The highest BCUT2D eigenvalue weighted by Crippen LogP contribution is 2.25. The molecular formula is C19H23N3OS. The second-order valence-electron chi connectivity index (χ2n) is 6.15. The fourth-order valence-electron chi connectivity index (χ4n) is 2.78. The van der Waals surface area contributed by atoms with E-state index in [1.54, 1.807) is 11.3 Å². The summed E-state index contributed by atoms with van der Waals surface area (Å²) >= 11 is 1.68. The minimum atomic E-state index is 0.00770. The zero-order valence-corrected chi connectivity index (χ0v) is 15.0. The number of thiophene rings is 1. The first-order chi connectivity index (χ1) is 11.6. The van der Waals surface area contributed by atoms with E-state index < -0.39 is 0 Å². The van der Waals surface area contributed by atoms with E-state index in [1.165, 1.54) is 10.3 Å². The first kappa shape index (κ1) is 16.7. The normalized spacial score (nSPS) is 11.3. The summed E-state index contributed by atoms with van der Waals surface area (Å²) in [6, 6.07) is 14.5. The van der Waals surface area contributed by atoms with Crippen LogP contribution in [0, 0.1) is 0 Å². The van der Waals surface area contributed by atoms with Crippen molar-refractivity contribution < 1.29 is 4.79 Å². The Morgan fingerprint density at radius 1 is 1.21 bits per heavy atom. The van der Waals surface area contributed by atoms with Crippen LogP contribution in [0.2, 0.25) is 0 Å². The van der Waals surface area contributed by atoms with Crippen LogP contribution in [-0.4, -0.2) is 42.6 Å². The number of aryl methyl sites for hydroxylation is 2. The number of nitrogens with one attached hydrogen (secondary N) is 1. The van der Waals surface area contributed by atoms with Gasteiger partial charge in [0.15, 0.2) is 0 Å². The molecule has 2 aromatic heterocycles. The molecule has 4 nitrogen and oxygen atoms in total. The van der Waals surface area contributed by atoms with Crippen LogP contribution >= 0.6 is 11.3 Å². The minimum absolute atomic E-state index is 0.00770. The van der Waals surface area contributed by atoms with Crippen molar-refractivity contribution in [1.29, 1.82) is 0 Å². The van der Waals surface area contributed by atoms with Gasteiger partial charge in [-0.05, 0) is 43.6 Å². The predicted octanol–water partition coefficient (Wildman–Crippen LogP) is 3.24. The van der Waals surface area contributed by atoms with Gasteiger partial charge in [0.1, 0.15) is 5.69 Å². The molecule has 0 spiro atoms. The van der Waals surface area contributed by atoms with Crippen LogP contribution in [0.15, 0.2) is 47.8 Å². The van der Waals surface area contributed by atoms with Crippen molar-refractivity contribution in [3.05, 3.63) is 59.1 Å². The monoisotopic (exact) mass is 341 g/mol. The molecule has 126 valence electrons. The van der Waals surface area contributed by atoms with Gasteiger partial charge >= 0.3 is 0 Å².